The van der Waals surface area contributed by atoms with Crippen molar-refractivity contribution in [1.29, 1.82) is 0 Å². The third-order valence-electron chi connectivity index (χ3n) is 4.04. The molecule has 1 aromatic carbocycles. The quantitative estimate of drug-likeness (QED) is 0.487. The van der Waals surface area contributed by atoms with Gasteiger partial charge in [-0.05, 0) is 18.3 Å². The lowest BCUT2D eigenvalue weighted by Gasteiger charge is -2.29. The number of anilines is 1. The molecule has 1 N–H and O–H groups in total. The van der Waals surface area contributed by atoms with Gasteiger partial charge in [-0.15, -0.1) is 0 Å². The molecule has 0 saturated heterocycles. The largest absolute Gasteiger partial charge is 0.380 e. The Balaban J connectivity index is 2.17. The van der Waals surface area contributed by atoms with Crippen molar-refractivity contribution in [2.24, 2.45) is 11.8 Å². The second kappa shape index (κ2) is 5.97. The number of rotatable bonds is 3. The highest BCUT2D eigenvalue weighted by Crippen LogP contribution is 2.31. The Morgan fingerprint density at radius 3 is 1.90 bits per heavy atom. The van der Waals surface area contributed by atoms with E-state index in [0.29, 0.717) is 5.92 Å². The van der Waals surface area contributed by atoms with E-state index in [2.05, 4.69) is 5.32 Å². The molecule has 0 radical (unpaired) electrons. The average molecular weight is 293 g/mol. The third kappa shape index (κ3) is 2.74. The average Bonchev–Trinajstić information content (AvgIpc) is 2.45. The standard InChI is InChI=1S/C14H16F5N/c1-7-4-2-3-5-8(7)6-20-14-12(18)10(16)9(15)11(17)13(14)19/h7-8,20H,2-6H2,1H3. The van der Waals surface area contributed by atoms with E-state index in [1.165, 1.54) is 0 Å². The van der Waals surface area contributed by atoms with Crippen LogP contribution in [0.5, 0.6) is 0 Å². The first-order valence-electron chi connectivity index (χ1n) is 6.68. The lowest BCUT2D eigenvalue weighted by atomic mass is 9.80. The van der Waals surface area contributed by atoms with Crippen LogP contribution in [-0.2, 0) is 0 Å². The highest BCUT2D eigenvalue weighted by molar-refractivity contribution is 5.47. The first-order valence-corrected chi connectivity index (χ1v) is 6.68. The van der Waals surface area contributed by atoms with Crippen LogP contribution in [0.3, 0.4) is 0 Å². The molecule has 1 aliphatic carbocycles. The van der Waals surface area contributed by atoms with E-state index in [9.17, 15) is 22.0 Å². The Kier molecular flexibility index (Phi) is 4.50. The van der Waals surface area contributed by atoms with Crippen molar-refractivity contribution in [2.75, 3.05) is 11.9 Å². The van der Waals surface area contributed by atoms with Crippen molar-refractivity contribution in [2.45, 2.75) is 32.6 Å². The van der Waals surface area contributed by atoms with Gasteiger partial charge in [0.2, 0.25) is 5.82 Å². The molecule has 0 spiro atoms. The molecular weight excluding hydrogens is 277 g/mol. The molecule has 112 valence electrons. The SMILES string of the molecule is CC1CCCCC1CNc1c(F)c(F)c(F)c(F)c1F. The summed E-state index contributed by atoms with van der Waals surface area (Å²) >= 11 is 0. The molecule has 1 nitrogen and oxygen atoms in total. The van der Waals surface area contributed by atoms with Gasteiger partial charge < -0.3 is 5.32 Å². The van der Waals surface area contributed by atoms with E-state index in [-0.39, 0.29) is 12.5 Å². The molecule has 0 amide bonds. The summed E-state index contributed by atoms with van der Waals surface area (Å²) < 4.78 is 65.9. The summed E-state index contributed by atoms with van der Waals surface area (Å²) in [6, 6.07) is 0. The van der Waals surface area contributed by atoms with Crippen LogP contribution in [0.2, 0.25) is 0 Å². The van der Waals surface area contributed by atoms with Gasteiger partial charge in [-0.1, -0.05) is 26.2 Å². The minimum atomic E-state index is -2.13. The molecule has 2 atom stereocenters. The van der Waals surface area contributed by atoms with E-state index in [1.54, 1.807) is 0 Å². The fourth-order valence-corrected chi connectivity index (χ4v) is 2.69. The summed E-state index contributed by atoms with van der Waals surface area (Å²) in [7, 11) is 0. The van der Waals surface area contributed by atoms with Gasteiger partial charge in [0.05, 0.1) is 0 Å². The Hall–Kier alpha value is -1.33. The molecule has 1 fully saturated rings. The second-order valence-electron chi connectivity index (χ2n) is 5.35. The van der Waals surface area contributed by atoms with Gasteiger partial charge in [0.1, 0.15) is 5.69 Å². The maximum atomic E-state index is 13.5. The highest BCUT2D eigenvalue weighted by Gasteiger charge is 2.27. The third-order valence-corrected chi connectivity index (χ3v) is 4.04. The Bertz CT molecular complexity index is 474. The molecular formula is C14H16F5N. The van der Waals surface area contributed by atoms with E-state index in [0.717, 1.165) is 25.7 Å². The van der Waals surface area contributed by atoms with Gasteiger partial charge >= 0.3 is 0 Å². The predicted octanol–water partition coefficient (Wildman–Crippen LogP) is 4.62. The molecule has 0 aliphatic heterocycles. The van der Waals surface area contributed by atoms with E-state index in [1.807, 2.05) is 6.92 Å². The van der Waals surface area contributed by atoms with Gasteiger partial charge in [0.15, 0.2) is 23.3 Å². The Morgan fingerprint density at radius 1 is 0.850 bits per heavy atom. The highest BCUT2D eigenvalue weighted by atomic mass is 19.2. The Labute approximate surface area is 114 Å². The maximum Gasteiger partial charge on any atom is 0.200 e. The Morgan fingerprint density at radius 2 is 1.35 bits per heavy atom. The van der Waals surface area contributed by atoms with Crippen molar-refractivity contribution in [1.82, 2.24) is 0 Å². The minimum absolute atomic E-state index is 0.179. The summed E-state index contributed by atoms with van der Waals surface area (Å²) in [5.41, 5.74) is -0.931. The number of hydrogen-bond donors (Lipinski definition) is 1. The van der Waals surface area contributed by atoms with Crippen molar-refractivity contribution in [3.8, 4) is 0 Å². The van der Waals surface area contributed by atoms with Crippen LogP contribution in [0.25, 0.3) is 0 Å². The van der Waals surface area contributed by atoms with E-state index in [4.69, 9.17) is 0 Å². The summed E-state index contributed by atoms with van der Waals surface area (Å²) in [6.45, 7) is 2.24. The molecule has 2 rings (SSSR count). The van der Waals surface area contributed by atoms with Crippen molar-refractivity contribution >= 4 is 5.69 Å². The topological polar surface area (TPSA) is 12.0 Å². The zero-order valence-electron chi connectivity index (χ0n) is 11.1. The van der Waals surface area contributed by atoms with Gasteiger partial charge in [0, 0.05) is 6.54 Å². The van der Waals surface area contributed by atoms with Crippen molar-refractivity contribution < 1.29 is 22.0 Å². The number of halogens is 5. The van der Waals surface area contributed by atoms with E-state index < -0.39 is 34.8 Å². The normalized spacial score (nSPS) is 22.9. The monoisotopic (exact) mass is 293 g/mol. The summed E-state index contributed by atoms with van der Waals surface area (Å²) in [4.78, 5) is 0. The van der Waals surface area contributed by atoms with Crippen LogP contribution in [0, 0.1) is 40.9 Å². The lowest BCUT2D eigenvalue weighted by molar-refractivity contribution is 0.268. The molecule has 1 saturated carbocycles. The van der Waals surface area contributed by atoms with Crippen molar-refractivity contribution in [3.63, 3.8) is 0 Å². The van der Waals surface area contributed by atoms with E-state index >= 15 is 0 Å². The summed E-state index contributed by atoms with van der Waals surface area (Å²) in [5, 5.41) is 2.39. The summed E-state index contributed by atoms with van der Waals surface area (Å²) in [6.07, 6.45) is 4.04. The second-order valence-corrected chi connectivity index (χ2v) is 5.35. The fraction of sp³-hybridized carbons (Fsp3) is 0.571. The van der Waals surface area contributed by atoms with Gasteiger partial charge in [-0.2, -0.15) is 0 Å². The molecule has 1 aromatic rings. The van der Waals surface area contributed by atoms with Crippen LogP contribution in [0.4, 0.5) is 27.6 Å². The molecule has 6 heteroatoms. The van der Waals surface area contributed by atoms with Crippen LogP contribution in [-0.4, -0.2) is 6.54 Å². The van der Waals surface area contributed by atoms with Crippen LogP contribution < -0.4 is 5.32 Å². The maximum absolute atomic E-state index is 13.5. The minimum Gasteiger partial charge on any atom is -0.380 e. The molecule has 0 heterocycles. The van der Waals surface area contributed by atoms with Gasteiger partial charge in [-0.3, -0.25) is 0 Å². The van der Waals surface area contributed by atoms with Crippen LogP contribution >= 0.6 is 0 Å². The molecule has 1 aliphatic rings. The number of nitrogens with one attached hydrogen (secondary N) is 1. The number of hydrogen-bond acceptors (Lipinski definition) is 1. The lowest BCUT2D eigenvalue weighted by Crippen LogP contribution is -2.25. The molecule has 20 heavy (non-hydrogen) atoms. The summed E-state index contributed by atoms with van der Waals surface area (Å²) in [5.74, 6) is -9.01. The van der Waals surface area contributed by atoms with Gasteiger partial charge in [0.25, 0.3) is 0 Å². The van der Waals surface area contributed by atoms with Crippen molar-refractivity contribution in [3.05, 3.63) is 29.1 Å². The van der Waals surface area contributed by atoms with Crippen LogP contribution in [0.1, 0.15) is 32.6 Å². The number of benzene rings is 1. The van der Waals surface area contributed by atoms with Crippen LogP contribution in [0.15, 0.2) is 0 Å². The first kappa shape index (κ1) is 15.1. The van der Waals surface area contributed by atoms with Gasteiger partial charge in [-0.25, -0.2) is 22.0 Å². The zero-order chi connectivity index (χ0) is 14.9. The fourth-order valence-electron chi connectivity index (χ4n) is 2.69. The molecule has 2 unspecified atom stereocenters. The smallest absolute Gasteiger partial charge is 0.200 e. The molecule has 0 aromatic heterocycles. The first-order chi connectivity index (χ1) is 9.43. The zero-order valence-corrected chi connectivity index (χ0v) is 11.1. The molecule has 0 bridgehead atoms. The predicted molar refractivity (Wildman–Crippen MR) is 65.8 cm³/mol.